The van der Waals surface area contributed by atoms with Crippen molar-refractivity contribution < 1.29 is 9.90 Å². The van der Waals surface area contributed by atoms with E-state index in [1.54, 1.807) is 0 Å². The van der Waals surface area contributed by atoms with Crippen LogP contribution in [0.1, 0.15) is 104 Å². The zero-order chi connectivity index (χ0) is 15.1. The molecule has 0 fully saturated rings. The van der Waals surface area contributed by atoms with E-state index in [0.717, 1.165) is 25.7 Å². The molecular weight excluding hydrogens is 248 g/mol. The highest BCUT2D eigenvalue weighted by molar-refractivity contribution is 5.69. The van der Waals surface area contributed by atoms with E-state index in [1.165, 1.54) is 64.2 Å². The van der Waals surface area contributed by atoms with Gasteiger partial charge in [-0.15, -0.1) is 0 Å². The van der Waals surface area contributed by atoms with Crippen LogP contribution in [0.4, 0.5) is 0 Å². The van der Waals surface area contributed by atoms with Gasteiger partial charge in [0, 0.05) is 0 Å². The lowest BCUT2D eigenvalue weighted by Crippen LogP contribution is -2.12. The molecule has 0 unspecified atom stereocenters. The summed E-state index contributed by atoms with van der Waals surface area (Å²) < 4.78 is 0. The molecule has 2 nitrogen and oxygen atoms in total. The SMILES string of the molecule is CCCCCCCCC[C@H](CCCCCCC)C([O])=O. The second-order valence-electron chi connectivity index (χ2n) is 6.13. The summed E-state index contributed by atoms with van der Waals surface area (Å²) >= 11 is 0. The minimum Gasteiger partial charge on any atom is -0.247 e. The number of unbranched alkanes of at least 4 members (excludes halogenated alkanes) is 10. The van der Waals surface area contributed by atoms with E-state index in [9.17, 15) is 9.90 Å². The Morgan fingerprint density at radius 2 is 1.00 bits per heavy atom. The largest absolute Gasteiger partial charge is 0.358 e. The molecule has 119 valence electrons. The third-order valence-corrected chi connectivity index (χ3v) is 4.15. The van der Waals surface area contributed by atoms with Crippen molar-refractivity contribution in [2.45, 2.75) is 104 Å². The quantitative estimate of drug-likeness (QED) is 0.336. The van der Waals surface area contributed by atoms with E-state index in [1.807, 2.05) is 0 Å². The van der Waals surface area contributed by atoms with Crippen LogP contribution in [0.2, 0.25) is 0 Å². The van der Waals surface area contributed by atoms with Crippen molar-refractivity contribution in [2.24, 2.45) is 5.92 Å². The Morgan fingerprint density at radius 3 is 1.35 bits per heavy atom. The van der Waals surface area contributed by atoms with E-state index in [4.69, 9.17) is 0 Å². The maximum Gasteiger partial charge on any atom is 0.358 e. The van der Waals surface area contributed by atoms with Crippen molar-refractivity contribution in [1.82, 2.24) is 0 Å². The van der Waals surface area contributed by atoms with Gasteiger partial charge in [0.15, 0.2) is 0 Å². The van der Waals surface area contributed by atoms with E-state index in [2.05, 4.69) is 13.8 Å². The number of carbonyl (C=O) groups excluding carboxylic acids is 1. The number of hydrogen-bond acceptors (Lipinski definition) is 1. The van der Waals surface area contributed by atoms with E-state index in [0.29, 0.717) is 0 Å². The molecule has 0 rings (SSSR count). The summed E-state index contributed by atoms with van der Waals surface area (Å²) in [5, 5.41) is 11.1. The van der Waals surface area contributed by atoms with Crippen LogP contribution in [0.25, 0.3) is 0 Å². The summed E-state index contributed by atoms with van der Waals surface area (Å²) in [4.78, 5) is 11.1. The molecule has 0 aromatic rings. The molecule has 0 saturated heterocycles. The fraction of sp³-hybridized carbons (Fsp3) is 0.944. The molecule has 0 N–H and O–H groups in total. The topological polar surface area (TPSA) is 37.0 Å². The fourth-order valence-electron chi connectivity index (χ4n) is 2.72. The zero-order valence-corrected chi connectivity index (χ0v) is 13.8. The van der Waals surface area contributed by atoms with Gasteiger partial charge in [0.05, 0.1) is 5.92 Å². The molecule has 1 radical (unpaired) electrons. The van der Waals surface area contributed by atoms with Crippen LogP contribution in [0.3, 0.4) is 0 Å². The van der Waals surface area contributed by atoms with E-state index >= 15 is 0 Å². The molecule has 0 heterocycles. The molecule has 0 aromatic heterocycles. The van der Waals surface area contributed by atoms with Crippen molar-refractivity contribution in [3.8, 4) is 0 Å². The Morgan fingerprint density at radius 1 is 0.650 bits per heavy atom. The lowest BCUT2D eigenvalue weighted by atomic mass is 9.94. The van der Waals surface area contributed by atoms with Crippen molar-refractivity contribution >= 4 is 5.97 Å². The summed E-state index contributed by atoms with van der Waals surface area (Å²) in [6.45, 7) is 4.43. The predicted molar refractivity (Wildman–Crippen MR) is 85.2 cm³/mol. The van der Waals surface area contributed by atoms with Gasteiger partial charge in [-0.1, -0.05) is 90.9 Å². The Hall–Kier alpha value is -0.530. The summed E-state index contributed by atoms with van der Waals surface area (Å²) in [5.74, 6) is -1.03. The first-order valence-corrected chi connectivity index (χ1v) is 8.93. The number of rotatable bonds is 15. The minimum atomic E-state index is -0.827. The van der Waals surface area contributed by atoms with Crippen LogP contribution < -0.4 is 0 Å². The predicted octanol–water partition coefficient (Wildman–Crippen LogP) is 6.06. The molecule has 0 saturated carbocycles. The van der Waals surface area contributed by atoms with Gasteiger partial charge >= 0.3 is 5.97 Å². The van der Waals surface area contributed by atoms with Gasteiger partial charge in [-0.25, -0.2) is 9.90 Å². The summed E-state index contributed by atoms with van der Waals surface area (Å²) in [6, 6.07) is 0. The van der Waals surface area contributed by atoms with Gasteiger partial charge < -0.3 is 0 Å². The molecule has 0 aromatic carbocycles. The Labute approximate surface area is 126 Å². The summed E-state index contributed by atoms with van der Waals surface area (Å²) in [7, 11) is 0. The molecule has 20 heavy (non-hydrogen) atoms. The smallest absolute Gasteiger partial charge is 0.247 e. The van der Waals surface area contributed by atoms with Gasteiger partial charge in [-0.05, 0) is 12.8 Å². The second kappa shape index (κ2) is 14.9. The summed E-state index contributed by atoms with van der Waals surface area (Å²) in [5.41, 5.74) is 0. The summed E-state index contributed by atoms with van der Waals surface area (Å²) in [6.07, 6.45) is 16.4. The highest BCUT2D eigenvalue weighted by Crippen LogP contribution is 2.19. The third kappa shape index (κ3) is 12.5. The maximum absolute atomic E-state index is 11.1. The normalized spacial score (nSPS) is 12.5. The molecule has 0 aliphatic carbocycles. The Balaban J connectivity index is 3.52. The van der Waals surface area contributed by atoms with Crippen molar-refractivity contribution in [3.63, 3.8) is 0 Å². The van der Waals surface area contributed by atoms with Crippen LogP contribution in [-0.2, 0) is 9.90 Å². The number of carbonyl (C=O) groups is 1. The van der Waals surface area contributed by atoms with Crippen molar-refractivity contribution in [3.05, 3.63) is 0 Å². The van der Waals surface area contributed by atoms with Gasteiger partial charge in [0.25, 0.3) is 0 Å². The van der Waals surface area contributed by atoms with Crippen LogP contribution in [-0.4, -0.2) is 5.97 Å². The zero-order valence-electron chi connectivity index (χ0n) is 13.8. The Bertz CT molecular complexity index is 213. The molecule has 0 amide bonds. The standard InChI is InChI=1S/C18H35O2/c1-3-5-7-9-10-12-14-16-17(18(19)20)15-13-11-8-6-4-2/h17H,3-16H2,1-2H3/t17-/m0/s1. The monoisotopic (exact) mass is 283 g/mol. The van der Waals surface area contributed by atoms with Crippen LogP contribution in [0, 0.1) is 5.92 Å². The highest BCUT2D eigenvalue weighted by atomic mass is 16.4. The van der Waals surface area contributed by atoms with Crippen LogP contribution in [0.5, 0.6) is 0 Å². The van der Waals surface area contributed by atoms with Gasteiger partial charge in [0.2, 0.25) is 0 Å². The van der Waals surface area contributed by atoms with Crippen molar-refractivity contribution in [1.29, 1.82) is 0 Å². The molecule has 0 aliphatic heterocycles. The minimum absolute atomic E-state index is 0.202. The lowest BCUT2D eigenvalue weighted by Gasteiger charge is -2.10. The molecule has 0 spiro atoms. The lowest BCUT2D eigenvalue weighted by molar-refractivity contribution is -0.148. The average Bonchev–Trinajstić information content (AvgIpc) is 2.43. The maximum atomic E-state index is 11.1. The number of hydrogen-bond donors (Lipinski definition) is 0. The second-order valence-corrected chi connectivity index (χ2v) is 6.13. The molecule has 2 heteroatoms. The van der Waals surface area contributed by atoms with Crippen molar-refractivity contribution in [2.75, 3.05) is 0 Å². The Kier molecular flexibility index (Phi) is 14.5. The van der Waals surface area contributed by atoms with Crippen LogP contribution in [0.15, 0.2) is 0 Å². The molecular formula is C18H35O2. The first-order valence-electron chi connectivity index (χ1n) is 8.93. The van der Waals surface area contributed by atoms with Gasteiger partial charge in [0.1, 0.15) is 0 Å². The third-order valence-electron chi connectivity index (χ3n) is 4.15. The molecule has 0 aliphatic rings. The average molecular weight is 283 g/mol. The van der Waals surface area contributed by atoms with E-state index < -0.39 is 5.97 Å². The molecule has 0 bridgehead atoms. The first kappa shape index (κ1) is 19.5. The van der Waals surface area contributed by atoms with Gasteiger partial charge in [-0.3, -0.25) is 0 Å². The van der Waals surface area contributed by atoms with Gasteiger partial charge in [-0.2, -0.15) is 0 Å². The highest BCUT2D eigenvalue weighted by Gasteiger charge is 2.18. The fourth-order valence-corrected chi connectivity index (χ4v) is 2.72. The first-order chi connectivity index (χ1) is 9.72. The van der Waals surface area contributed by atoms with E-state index in [-0.39, 0.29) is 5.92 Å². The van der Waals surface area contributed by atoms with Crippen LogP contribution >= 0.6 is 0 Å². The molecule has 1 atom stereocenters.